The van der Waals surface area contributed by atoms with Gasteiger partial charge in [0.15, 0.2) is 6.61 Å². The second-order valence-electron chi connectivity index (χ2n) is 8.70. The van der Waals surface area contributed by atoms with Gasteiger partial charge < -0.3 is 14.8 Å². The van der Waals surface area contributed by atoms with Crippen molar-refractivity contribution in [2.45, 2.75) is 31.6 Å². The average Bonchev–Trinajstić information content (AvgIpc) is 2.87. The normalized spacial score (nSPS) is 13.2. The van der Waals surface area contributed by atoms with E-state index in [2.05, 4.69) is 21.9 Å². The Bertz CT molecular complexity index is 1270. The number of carbonyl (C=O) groups is 2. The molecule has 2 N–H and O–H groups in total. The van der Waals surface area contributed by atoms with Crippen LogP contribution in [0.4, 0.5) is 29.3 Å². The maximum Gasteiger partial charge on any atom is 0.411 e. The van der Waals surface area contributed by atoms with Crippen molar-refractivity contribution in [1.82, 2.24) is 5.32 Å². The summed E-state index contributed by atoms with van der Waals surface area (Å²) in [6, 6.07) is 8.53. The predicted molar refractivity (Wildman–Crippen MR) is 137 cm³/mol. The SMILES string of the molecule is C=CC(C)(C)C(F)(F)COC(=O)Nc1ccc2c(c1)N(S(=O)(=O)c1ccc(F)cc1)CCO2.CNC(C)=O. The van der Waals surface area contributed by atoms with Gasteiger partial charge in [-0.2, -0.15) is 0 Å². The van der Waals surface area contributed by atoms with Gasteiger partial charge in [0.2, 0.25) is 5.91 Å². The summed E-state index contributed by atoms with van der Waals surface area (Å²) in [6.45, 7) is 6.25. The lowest BCUT2D eigenvalue weighted by atomic mass is 9.86. The van der Waals surface area contributed by atoms with Gasteiger partial charge in [0.1, 0.15) is 18.2 Å². The molecule has 1 aliphatic heterocycles. The van der Waals surface area contributed by atoms with Gasteiger partial charge in [-0.15, -0.1) is 6.58 Å². The van der Waals surface area contributed by atoms with E-state index in [1.807, 2.05) is 0 Å². The molecule has 0 bridgehead atoms. The zero-order chi connectivity index (χ0) is 28.7. The van der Waals surface area contributed by atoms with Gasteiger partial charge in [-0.25, -0.2) is 26.4 Å². The van der Waals surface area contributed by atoms with Crippen LogP contribution in [0.15, 0.2) is 60.0 Å². The molecule has 0 saturated heterocycles. The van der Waals surface area contributed by atoms with Crippen molar-refractivity contribution in [2.75, 3.05) is 36.4 Å². The summed E-state index contributed by atoms with van der Waals surface area (Å²) in [4.78, 5) is 21.7. The molecule has 208 valence electrons. The number of ether oxygens (including phenoxy) is 2. The Balaban J connectivity index is 0.000000926. The van der Waals surface area contributed by atoms with Crippen molar-refractivity contribution >= 4 is 33.4 Å². The van der Waals surface area contributed by atoms with Crippen molar-refractivity contribution in [1.29, 1.82) is 0 Å². The highest BCUT2D eigenvalue weighted by atomic mass is 32.2. The van der Waals surface area contributed by atoms with Crippen LogP contribution >= 0.6 is 0 Å². The van der Waals surface area contributed by atoms with E-state index in [-0.39, 0.29) is 41.1 Å². The Morgan fingerprint density at radius 3 is 2.34 bits per heavy atom. The molecule has 0 fully saturated rings. The molecule has 3 rings (SSSR count). The first-order valence-corrected chi connectivity index (χ1v) is 12.8. The number of anilines is 2. The van der Waals surface area contributed by atoms with Crippen molar-refractivity contribution in [3.63, 3.8) is 0 Å². The second-order valence-corrected chi connectivity index (χ2v) is 10.6. The lowest BCUT2D eigenvalue weighted by Crippen LogP contribution is -2.40. The van der Waals surface area contributed by atoms with Crippen molar-refractivity contribution in [3.05, 3.63) is 60.9 Å². The lowest BCUT2D eigenvalue weighted by Gasteiger charge is -2.31. The molecular weight excluding hydrogens is 527 g/mol. The van der Waals surface area contributed by atoms with E-state index in [4.69, 9.17) is 4.74 Å². The minimum absolute atomic E-state index is 0.00463. The fourth-order valence-electron chi connectivity index (χ4n) is 2.90. The van der Waals surface area contributed by atoms with E-state index in [1.54, 1.807) is 7.05 Å². The van der Waals surface area contributed by atoms with Crippen LogP contribution in [0.2, 0.25) is 0 Å². The number of hydrogen-bond acceptors (Lipinski definition) is 6. The fourth-order valence-corrected chi connectivity index (χ4v) is 4.35. The Morgan fingerprint density at radius 1 is 1.18 bits per heavy atom. The molecule has 2 amide bonds. The van der Waals surface area contributed by atoms with Crippen molar-refractivity contribution in [2.24, 2.45) is 5.41 Å². The zero-order valence-corrected chi connectivity index (χ0v) is 22.2. The summed E-state index contributed by atoms with van der Waals surface area (Å²) in [5, 5.41) is 4.70. The van der Waals surface area contributed by atoms with Crippen LogP contribution in [0, 0.1) is 11.2 Å². The molecule has 0 aliphatic carbocycles. The minimum atomic E-state index is -4.05. The van der Waals surface area contributed by atoms with Crippen LogP contribution in [0.25, 0.3) is 0 Å². The quantitative estimate of drug-likeness (QED) is 0.483. The number of fused-ring (bicyclic) bond motifs is 1. The van der Waals surface area contributed by atoms with E-state index in [0.29, 0.717) is 0 Å². The molecule has 9 nitrogen and oxygen atoms in total. The Labute approximate surface area is 219 Å². The Morgan fingerprint density at radius 2 is 1.79 bits per heavy atom. The van der Waals surface area contributed by atoms with Crippen LogP contribution in [0.5, 0.6) is 5.75 Å². The van der Waals surface area contributed by atoms with Gasteiger partial charge in [0.25, 0.3) is 15.9 Å². The molecule has 38 heavy (non-hydrogen) atoms. The van der Waals surface area contributed by atoms with Gasteiger partial charge in [-0.3, -0.25) is 14.4 Å². The van der Waals surface area contributed by atoms with E-state index in [1.165, 1.54) is 39.0 Å². The minimum Gasteiger partial charge on any atom is -0.489 e. The molecule has 0 unspecified atom stereocenters. The number of alkyl halides is 2. The standard InChI is InChI=1S/C22H23F3N2O5S.C3H7NO/c1-4-21(2,3)22(24,25)14-32-20(28)26-16-7-10-19-18(13-16)27(11-12-31-19)33(29,30)17-8-5-15(23)6-9-17;1-3(5)4-2/h4-10,13H,1,11-12,14H2,2-3H3,(H,26,28);1-2H3,(H,4,5). The molecule has 2 aromatic carbocycles. The summed E-state index contributed by atoms with van der Waals surface area (Å²) in [5.74, 6) is -3.69. The molecular formula is C25H30F3N3O6S. The Kier molecular flexibility index (Phi) is 9.79. The van der Waals surface area contributed by atoms with Gasteiger partial charge >= 0.3 is 6.09 Å². The van der Waals surface area contributed by atoms with Gasteiger partial charge in [-0.05, 0) is 42.5 Å². The number of carbonyl (C=O) groups excluding carboxylic acids is 2. The highest BCUT2D eigenvalue weighted by Gasteiger charge is 2.45. The first kappa shape index (κ1) is 30.5. The van der Waals surface area contributed by atoms with E-state index < -0.39 is 39.9 Å². The summed E-state index contributed by atoms with van der Waals surface area (Å²) in [6.07, 6.45) is -0.0624. The molecule has 0 radical (unpaired) electrons. The topological polar surface area (TPSA) is 114 Å². The largest absolute Gasteiger partial charge is 0.489 e. The van der Waals surface area contributed by atoms with Crippen LogP contribution in [-0.2, 0) is 19.6 Å². The van der Waals surface area contributed by atoms with Gasteiger partial charge in [0, 0.05) is 25.1 Å². The van der Waals surface area contributed by atoms with Crippen LogP contribution in [0.1, 0.15) is 20.8 Å². The van der Waals surface area contributed by atoms with Crippen molar-refractivity contribution in [3.8, 4) is 5.75 Å². The second kappa shape index (κ2) is 12.2. The summed E-state index contributed by atoms with van der Waals surface area (Å²) < 4.78 is 79.0. The molecule has 0 aromatic heterocycles. The number of sulfonamides is 1. The summed E-state index contributed by atoms with van der Waals surface area (Å²) >= 11 is 0. The first-order chi connectivity index (χ1) is 17.6. The highest BCUT2D eigenvalue weighted by molar-refractivity contribution is 7.92. The van der Waals surface area contributed by atoms with Crippen LogP contribution < -0.4 is 19.7 Å². The third kappa shape index (κ3) is 7.40. The lowest BCUT2D eigenvalue weighted by molar-refractivity contribution is -0.118. The maximum absolute atomic E-state index is 14.2. The zero-order valence-electron chi connectivity index (χ0n) is 21.4. The molecule has 0 saturated carbocycles. The third-order valence-corrected chi connectivity index (χ3v) is 7.44. The van der Waals surface area contributed by atoms with E-state index in [9.17, 15) is 31.2 Å². The maximum atomic E-state index is 14.2. The first-order valence-electron chi connectivity index (χ1n) is 11.3. The average molecular weight is 558 g/mol. The third-order valence-electron chi connectivity index (χ3n) is 5.62. The monoisotopic (exact) mass is 557 g/mol. The highest BCUT2D eigenvalue weighted by Crippen LogP contribution is 2.39. The number of allylic oxidation sites excluding steroid dienone is 1. The molecule has 2 aromatic rings. The van der Waals surface area contributed by atoms with E-state index >= 15 is 0 Å². The number of halogens is 3. The van der Waals surface area contributed by atoms with E-state index in [0.717, 1.165) is 34.6 Å². The Hall–Kier alpha value is -3.74. The molecule has 0 spiro atoms. The summed E-state index contributed by atoms with van der Waals surface area (Å²) in [7, 11) is -2.45. The fraction of sp³-hybridized carbons (Fsp3) is 0.360. The van der Waals surface area contributed by atoms with Crippen molar-refractivity contribution < 1.29 is 40.7 Å². The number of amides is 2. The van der Waals surface area contributed by atoms with Gasteiger partial charge in [-0.1, -0.05) is 19.9 Å². The number of hydrogen-bond donors (Lipinski definition) is 2. The van der Waals surface area contributed by atoms with Gasteiger partial charge in [0.05, 0.1) is 17.1 Å². The smallest absolute Gasteiger partial charge is 0.411 e. The van der Waals surface area contributed by atoms with Crippen LogP contribution in [-0.4, -0.2) is 53.1 Å². The number of nitrogens with one attached hydrogen (secondary N) is 2. The molecule has 1 heterocycles. The number of nitrogens with zero attached hydrogens (tertiary/aromatic N) is 1. The number of rotatable bonds is 7. The molecule has 1 aliphatic rings. The summed E-state index contributed by atoms with van der Waals surface area (Å²) in [5.41, 5.74) is -1.36. The number of benzene rings is 2. The van der Waals surface area contributed by atoms with Crippen LogP contribution in [0.3, 0.4) is 0 Å². The molecule has 13 heteroatoms. The predicted octanol–water partition coefficient (Wildman–Crippen LogP) is 4.56. The molecule has 0 atom stereocenters.